The van der Waals surface area contributed by atoms with Crippen LogP contribution in [0.5, 0.6) is 0 Å². The van der Waals surface area contributed by atoms with E-state index >= 15 is 0 Å². The summed E-state index contributed by atoms with van der Waals surface area (Å²) in [5.74, 6) is -0.281. The van der Waals surface area contributed by atoms with Gasteiger partial charge in [-0.2, -0.15) is 0 Å². The molecule has 1 unspecified atom stereocenters. The number of aryl methyl sites for hydroxylation is 1. The van der Waals surface area contributed by atoms with Crippen molar-refractivity contribution in [1.29, 1.82) is 0 Å². The summed E-state index contributed by atoms with van der Waals surface area (Å²) in [6, 6.07) is -0.0492. The summed E-state index contributed by atoms with van der Waals surface area (Å²) in [5.41, 5.74) is 7.50. The molecule has 0 radical (unpaired) electrons. The van der Waals surface area contributed by atoms with Gasteiger partial charge in [0.15, 0.2) is 0 Å². The first-order valence-electron chi connectivity index (χ1n) is 4.22. The highest BCUT2D eigenvalue weighted by Crippen LogP contribution is 2.36. The van der Waals surface area contributed by atoms with Gasteiger partial charge >= 0.3 is 5.97 Å². The van der Waals surface area contributed by atoms with Gasteiger partial charge in [0.05, 0.1) is 0 Å². The highest BCUT2D eigenvalue weighted by molar-refractivity contribution is 5.87. The van der Waals surface area contributed by atoms with Crippen molar-refractivity contribution < 1.29 is 14.3 Å². The van der Waals surface area contributed by atoms with Gasteiger partial charge in [-0.1, -0.05) is 0 Å². The van der Waals surface area contributed by atoms with Crippen LogP contribution in [0.2, 0.25) is 0 Å². The molecule has 0 bridgehead atoms. The predicted octanol–water partition coefficient (Wildman–Crippen LogP) is 1.23. The zero-order chi connectivity index (χ0) is 9.59. The van der Waals surface area contributed by atoms with Gasteiger partial charge in [0, 0.05) is 17.2 Å². The lowest BCUT2D eigenvalue weighted by molar-refractivity contribution is 0.0659. The van der Waals surface area contributed by atoms with E-state index in [0.717, 1.165) is 24.0 Å². The second kappa shape index (κ2) is 2.60. The number of fused-ring (bicyclic) bond motifs is 1. The lowest BCUT2D eigenvalue weighted by atomic mass is 10.1. The SMILES string of the molecule is Cc1oc(C(=O)O)c2c1C(N)CC2. The molecule has 0 saturated heterocycles. The van der Waals surface area contributed by atoms with Crippen LogP contribution in [-0.4, -0.2) is 11.1 Å². The third kappa shape index (κ3) is 1.06. The molecule has 4 nitrogen and oxygen atoms in total. The summed E-state index contributed by atoms with van der Waals surface area (Å²) in [6.07, 6.45) is 1.54. The van der Waals surface area contributed by atoms with Crippen molar-refractivity contribution in [1.82, 2.24) is 0 Å². The Morgan fingerprint density at radius 2 is 2.38 bits per heavy atom. The topological polar surface area (TPSA) is 76.5 Å². The van der Waals surface area contributed by atoms with E-state index in [1.54, 1.807) is 6.92 Å². The van der Waals surface area contributed by atoms with Gasteiger partial charge < -0.3 is 15.3 Å². The smallest absolute Gasteiger partial charge is 0.372 e. The average molecular weight is 181 g/mol. The van der Waals surface area contributed by atoms with E-state index in [1.165, 1.54) is 0 Å². The van der Waals surface area contributed by atoms with Gasteiger partial charge in [0.25, 0.3) is 0 Å². The Morgan fingerprint density at radius 1 is 1.69 bits per heavy atom. The largest absolute Gasteiger partial charge is 0.475 e. The molecule has 1 aromatic rings. The number of rotatable bonds is 1. The lowest BCUT2D eigenvalue weighted by Crippen LogP contribution is -2.05. The van der Waals surface area contributed by atoms with Crippen LogP contribution < -0.4 is 5.73 Å². The van der Waals surface area contributed by atoms with Crippen LogP contribution in [0.4, 0.5) is 0 Å². The summed E-state index contributed by atoms with van der Waals surface area (Å²) in [4.78, 5) is 10.7. The Balaban J connectivity index is 2.59. The van der Waals surface area contributed by atoms with Crippen LogP contribution in [-0.2, 0) is 6.42 Å². The number of hydrogen-bond acceptors (Lipinski definition) is 3. The van der Waals surface area contributed by atoms with E-state index in [2.05, 4.69) is 0 Å². The van der Waals surface area contributed by atoms with Crippen LogP contribution in [0.25, 0.3) is 0 Å². The molecule has 3 N–H and O–H groups in total. The molecule has 0 spiro atoms. The highest BCUT2D eigenvalue weighted by atomic mass is 16.4. The Labute approximate surface area is 75.3 Å². The van der Waals surface area contributed by atoms with Crippen molar-refractivity contribution >= 4 is 5.97 Å². The standard InChI is InChI=1S/C9H11NO3/c1-4-7-5(2-3-6(7)10)8(13-4)9(11)12/h6H,2-3,10H2,1H3,(H,11,12). The number of furan rings is 1. The molecule has 0 aromatic carbocycles. The first-order chi connectivity index (χ1) is 6.11. The lowest BCUT2D eigenvalue weighted by Gasteiger charge is -2.00. The van der Waals surface area contributed by atoms with Crippen LogP contribution in [0.15, 0.2) is 4.42 Å². The van der Waals surface area contributed by atoms with Crippen molar-refractivity contribution in [3.8, 4) is 0 Å². The zero-order valence-corrected chi connectivity index (χ0v) is 7.33. The van der Waals surface area contributed by atoms with Crippen molar-refractivity contribution in [2.75, 3.05) is 0 Å². The fraction of sp³-hybridized carbons (Fsp3) is 0.444. The maximum absolute atomic E-state index is 10.7. The van der Waals surface area contributed by atoms with Gasteiger partial charge in [-0.25, -0.2) is 4.79 Å². The summed E-state index contributed by atoms with van der Waals surface area (Å²) in [6.45, 7) is 1.76. The first kappa shape index (κ1) is 8.31. The number of hydrogen-bond donors (Lipinski definition) is 2. The quantitative estimate of drug-likeness (QED) is 0.683. The maximum atomic E-state index is 10.7. The second-order valence-electron chi connectivity index (χ2n) is 3.33. The van der Waals surface area contributed by atoms with Crippen LogP contribution in [0.3, 0.4) is 0 Å². The van der Waals surface area contributed by atoms with E-state index < -0.39 is 5.97 Å². The van der Waals surface area contributed by atoms with Crippen molar-refractivity contribution in [3.05, 3.63) is 22.6 Å². The molecule has 13 heavy (non-hydrogen) atoms. The molecule has 1 atom stereocenters. The van der Waals surface area contributed by atoms with Gasteiger partial charge in [0.2, 0.25) is 5.76 Å². The molecule has 70 valence electrons. The molecule has 0 saturated carbocycles. The molecule has 0 fully saturated rings. The van der Waals surface area contributed by atoms with Gasteiger partial charge in [-0.3, -0.25) is 0 Å². The summed E-state index contributed by atoms with van der Waals surface area (Å²) < 4.78 is 5.14. The van der Waals surface area contributed by atoms with Crippen LogP contribution in [0.1, 0.15) is 39.9 Å². The number of aromatic carboxylic acids is 1. The summed E-state index contributed by atoms with van der Waals surface area (Å²) >= 11 is 0. The molecule has 1 heterocycles. The van der Waals surface area contributed by atoms with Gasteiger partial charge in [-0.15, -0.1) is 0 Å². The van der Waals surface area contributed by atoms with Gasteiger partial charge in [0.1, 0.15) is 5.76 Å². The molecule has 1 aromatic heterocycles. The van der Waals surface area contributed by atoms with E-state index in [9.17, 15) is 4.79 Å². The first-order valence-corrected chi connectivity index (χ1v) is 4.22. The Bertz CT molecular complexity index is 367. The minimum absolute atomic E-state index is 0.0492. The second-order valence-corrected chi connectivity index (χ2v) is 3.33. The Morgan fingerprint density at radius 3 is 3.00 bits per heavy atom. The number of carboxylic acids is 1. The zero-order valence-electron chi connectivity index (χ0n) is 7.33. The molecule has 1 aliphatic rings. The molecular formula is C9H11NO3. The minimum Gasteiger partial charge on any atom is -0.475 e. The Hall–Kier alpha value is -1.29. The molecule has 4 heteroatoms. The molecule has 0 aliphatic heterocycles. The van der Waals surface area contributed by atoms with Crippen molar-refractivity contribution in [2.45, 2.75) is 25.8 Å². The average Bonchev–Trinajstić information content (AvgIpc) is 2.55. The fourth-order valence-electron chi connectivity index (χ4n) is 1.95. The normalized spacial score (nSPS) is 20.3. The Kier molecular flexibility index (Phi) is 1.66. The third-order valence-electron chi connectivity index (χ3n) is 2.50. The summed E-state index contributed by atoms with van der Waals surface area (Å²) in [5, 5.41) is 8.81. The predicted molar refractivity (Wildman–Crippen MR) is 45.7 cm³/mol. The van der Waals surface area contributed by atoms with Crippen LogP contribution >= 0.6 is 0 Å². The number of nitrogens with two attached hydrogens (primary N) is 1. The monoisotopic (exact) mass is 181 g/mol. The highest BCUT2D eigenvalue weighted by Gasteiger charge is 2.30. The molecule has 2 rings (SSSR count). The van der Waals surface area contributed by atoms with E-state index in [4.69, 9.17) is 15.3 Å². The fourth-order valence-corrected chi connectivity index (χ4v) is 1.95. The van der Waals surface area contributed by atoms with Crippen molar-refractivity contribution in [3.63, 3.8) is 0 Å². The van der Waals surface area contributed by atoms with E-state index in [-0.39, 0.29) is 11.8 Å². The van der Waals surface area contributed by atoms with Crippen molar-refractivity contribution in [2.24, 2.45) is 5.73 Å². The third-order valence-corrected chi connectivity index (χ3v) is 2.50. The molecule has 1 aliphatic carbocycles. The van der Waals surface area contributed by atoms with E-state index in [1.807, 2.05) is 0 Å². The maximum Gasteiger partial charge on any atom is 0.372 e. The molecular weight excluding hydrogens is 170 g/mol. The van der Waals surface area contributed by atoms with E-state index in [0.29, 0.717) is 5.76 Å². The van der Waals surface area contributed by atoms with Gasteiger partial charge in [-0.05, 0) is 19.8 Å². The number of carbonyl (C=O) groups is 1. The van der Waals surface area contributed by atoms with Crippen LogP contribution in [0, 0.1) is 6.92 Å². The molecule has 0 amide bonds. The number of carboxylic acid groups (broad SMARTS) is 1. The minimum atomic E-state index is -1.00. The summed E-state index contributed by atoms with van der Waals surface area (Å²) in [7, 11) is 0.